The number of carbonyl (C=O) groups is 1. The molecule has 1 aliphatic rings. The molecule has 1 aromatic rings. The lowest BCUT2D eigenvalue weighted by molar-refractivity contribution is -0.143. The zero-order valence-electron chi connectivity index (χ0n) is 10.1. The van der Waals surface area contributed by atoms with Gasteiger partial charge in [0.15, 0.2) is 5.75 Å². The van der Waals surface area contributed by atoms with Crippen LogP contribution >= 0.6 is 0 Å². The molecule has 0 fully saturated rings. The summed E-state index contributed by atoms with van der Waals surface area (Å²) in [5, 5.41) is 2.87. The second-order valence-electron chi connectivity index (χ2n) is 3.91. The fourth-order valence-electron chi connectivity index (χ4n) is 1.92. The molecule has 0 bridgehead atoms. The molecule has 0 saturated heterocycles. The molecule has 1 unspecified atom stereocenters. The molecule has 1 atom stereocenters. The Morgan fingerprint density at radius 2 is 2.26 bits per heavy atom. The van der Waals surface area contributed by atoms with Crippen LogP contribution in [0.25, 0.3) is 0 Å². The van der Waals surface area contributed by atoms with Crippen LogP contribution in [0.5, 0.6) is 5.75 Å². The molecule has 2 rings (SSSR count). The average Bonchev–Trinajstić information content (AvgIpc) is 2.72. The average molecular weight is 289 g/mol. The van der Waals surface area contributed by atoms with Crippen molar-refractivity contribution >= 4 is 22.2 Å². The van der Waals surface area contributed by atoms with Crippen LogP contribution in [0.15, 0.2) is 18.2 Å². The summed E-state index contributed by atoms with van der Waals surface area (Å²) in [6.45, 7) is 1.93. The van der Waals surface area contributed by atoms with Gasteiger partial charge in [0.05, 0.1) is 6.61 Å². The zero-order chi connectivity index (χ0) is 14.0. The van der Waals surface area contributed by atoms with Crippen molar-refractivity contribution < 1.29 is 26.0 Å². The van der Waals surface area contributed by atoms with Crippen LogP contribution in [0, 0.1) is 0 Å². The van der Waals surface area contributed by atoms with E-state index in [0.29, 0.717) is 11.3 Å². The number of hydrogen-bond acceptors (Lipinski definition) is 6. The summed E-state index contributed by atoms with van der Waals surface area (Å²) in [6, 6.07) is 3.85. The maximum atomic E-state index is 12.6. The van der Waals surface area contributed by atoms with Gasteiger partial charge in [-0.15, -0.1) is 0 Å². The lowest BCUT2D eigenvalue weighted by Gasteiger charge is -2.09. The third-order valence-electron chi connectivity index (χ3n) is 2.63. The molecule has 8 heteroatoms. The van der Waals surface area contributed by atoms with E-state index in [9.17, 15) is 17.1 Å². The topological polar surface area (TPSA) is 81.7 Å². The Balaban J connectivity index is 2.23. The summed E-state index contributed by atoms with van der Waals surface area (Å²) in [7, 11) is -5.09. The summed E-state index contributed by atoms with van der Waals surface area (Å²) >= 11 is 0. The Kier molecular flexibility index (Phi) is 3.61. The van der Waals surface area contributed by atoms with Crippen molar-refractivity contribution in [2.75, 3.05) is 11.9 Å². The largest absolute Gasteiger partial charge is 0.488 e. The highest BCUT2D eigenvalue weighted by Gasteiger charge is 2.31. The van der Waals surface area contributed by atoms with Crippen LogP contribution in [0.2, 0.25) is 0 Å². The maximum absolute atomic E-state index is 12.6. The molecule has 19 heavy (non-hydrogen) atoms. The molecule has 0 saturated carbocycles. The van der Waals surface area contributed by atoms with Crippen LogP contribution < -0.4 is 9.50 Å². The Morgan fingerprint density at radius 3 is 2.89 bits per heavy atom. The number of benzene rings is 1. The Morgan fingerprint density at radius 1 is 1.53 bits per heavy atom. The second-order valence-corrected chi connectivity index (χ2v) is 4.86. The smallest absolute Gasteiger partial charge is 0.464 e. The number of nitrogens with one attached hydrogen (secondary N) is 1. The SMILES string of the molecule is CCOC(=O)C1Cc2c(cccc2OS(=O)(=O)F)N1. The molecule has 6 nitrogen and oxygen atoms in total. The van der Waals surface area contributed by atoms with Gasteiger partial charge in [0.1, 0.15) is 6.04 Å². The first-order valence-corrected chi connectivity index (χ1v) is 6.90. The van der Waals surface area contributed by atoms with Crippen molar-refractivity contribution in [1.82, 2.24) is 0 Å². The van der Waals surface area contributed by atoms with E-state index in [1.54, 1.807) is 13.0 Å². The van der Waals surface area contributed by atoms with Crippen LogP contribution in [0.3, 0.4) is 0 Å². The summed E-state index contributed by atoms with van der Waals surface area (Å²) in [6.07, 6.45) is 0.180. The number of esters is 1. The van der Waals surface area contributed by atoms with Gasteiger partial charge in [0, 0.05) is 17.7 Å². The molecule has 1 aliphatic heterocycles. The van der Waals surface area contributed by atoms with E-state index < -0.39 is 22.5 Å². The number of carbonyl (C=O) groups excluding carboxylic acids is 1. The Bertz CT molecular complexity index is 601. The minimum Gasteiger partial charge on any atom is -0.464 e. The molecular weight excluding hydrogens is 277 g/mol. The van der Waals surface area contributed by atoms with E-state index in [1.165, 1.54) is 12.1 Å². The highest BCUT2D eigenvalue weighted by atomic mass is 32.3. The molecule has 1 N–H and O–H groups in total. The van der Waals surface area contributed by atoms with E-state index >= 15 is 0 Å². The van der Waals surface area contributed by atoms with E-state index in [2.05, 4.69) is 9.50 Å². The van der Waals surface area contributed by atoms with Crippen LogP contribution in [-0.4, -0.2) is 27.0 Å². The lowest BCUT2D eigenvalue weighted by atomic mass is 10.1. The van der Waals surface area contributed by atoms with Gasteiger partial charge in [0.2, 0.25) is 0 Å². The predicted molar refractivity (Wildman–Crippen MR) is 64.8 cm³/mol. The van der Waals surface area contributed by atoms with Gasteiger partial charge >= 0.3 is 16.5 Å². The molecule has 0 amide bonds. The number of anilines is 1. The number of fused-ring (bicyclic) bond motifs is 1. The standard InChI is InChI=1S/C11H12FNO5S/c1-2-17-11(14)9-6-7-8(13-9)4-3-5-10(7)18-19(12,15)16/h3-5,9,13H,2,6H2,1H3. The molecule has 104 valence electrons. The van der Waals surface area contributed by atoms with Crippen molar-refractivity contribution in [1.29, 1.82) is 0 Å². The van der Waals surface area contributed by atoms with E-state index in [-0.39, 0.29) is 18.8 Å². The molecule has 0 radical (unpaired) electrons. The zero-order valence-corrected chi connectivity index (χ0v) is 10.9. The molecule has 1 aromatic carbocycles. The highest BCUT2D eigenvalue weighted by Crippen LogP contribution is 2.34. The number of rotatable bonds is 4. The van der Waals surface area contributed by atoms with Crippen LogP contribution in [0.1, 0.15) is 12.5 Å². The first kappa shape index (κ1) is 13.6. The summed E-state index contributed by atoms with van der Waals surface area (Å²) in [5.41, 5.74) is 0.959. The minimum atomic E-state index is -5.09. The van der Waals surface area contributed by atoms with Crippen LogP contribution in [0.4, 0.5) is 9.57 Å². The van der Waals surface area contributed by atoms with Crippen LogP contribution in [-0.2, 0) is 26.5 Å². The molecule has 1 heterocycles. The predicted octanol–water partition coefficient (Wildman–Crippen LogP) is 1.18. The molecular formula is C11H12FNO5S. The van der Waals surface area contributed by atoms with Gasteiger partial charge in [-0.1, -0.05) is 9.95 Å². The first-order chi connectivity index (χ1) is 8.90. The van der Waals surface area contributed by atoms with Crippen molar-refractivity contribution in [2.45, 2.75) is 19.4 Å². The molecule has 0 spiro atoms. The number of halogens is 1. The summed E-state index contributed by atoms with van der Waals surface area (Å²) < 4.78 is 42.7. The van der Waals surface area contributed by atoms with Crippen molar-refractivity contribution in [3.05, 3.63) is 23.8 Å². The molecule has 0 aliphatic carbocycles. The van der Waals surface area contributed by atoms with E-state index in [0.717, 1.165) is 0 Å². The summed E-state index contributed by atoms with van der Waals surface area (Å²) in [4.78, 5) is 11.6. The fraction of sp³-hybridized carbons (Fsp3) is 0.364. The van der Waals surface area contributed by atoms with Gasteiger partial charge in [0.25, 0.3) is 0 Å². The van der Waals surface area contributed by atoms with Crippen molar-refractivity contribution in [2.24, 2.45) is 0 Å². The number of ether oxygens (including phenoxy) is 1. The van der Waals surface area contributed by atoms with Gasteiger partial charge in [-0.2, -0.15) is 8.42 Å². The third-order valence-corrected chi connectivity index (χ3v) is 3.01. The second kappa shape index (κ2) is 5.04. The Labute approximate surface area is 109 Å². The maximum Gasteiger partial charge on any atom is 0.488 e. The first-order valence-electron chi connectivity index (χ1n) is 5.60. The number of hydrogen-bond donors (Lipinski definition) is 1. The van der Waals surface area contributed by atoms with Gasteiger partial charge in [-0.05, 0) is 19.1 Å². The van der Waals surface area contributed by atoms with Gasteiger partial charge in [-0.25, -0.2) is 4.79 Å². The van der Waals surface area contributed by atoms with Gasteiger partial charge in [-0.3, -0.25) is 0 Å². The van der Waals surface area contributed by atoms with Crippen molar-refractivity contribution in [3.8, 4) is 5.75 Å². The van der Waals surface area contributed by atoms with E-state index in [4.69, 9.17) is 4.74 Å². The van der Waals surface area contributed by atoms with Crippen molar-refractivity contribution in [3.63, 3.8) is 0 Å². The minimum absolute atomic E-state index is 0.126. The summed E-state index contributed by atoms with van der Waals surface area (Å²) in [5.74, 6) is -0.577. The normalized spacial score (nSPS) is 17.5. The van der Waals surface area contributed by atoms with Gasteiger partial charge < -0.3 is 14.2 Å². The third kappa shape index (κ3) is 3.14. The monoisotopic (exact) mass is 289 g/mol. The molecule has 0 aromatic heterocycles. The highest BCUT2D eigenvalue weighted by molar-refractivity contribution is 7.81. The van der Waals surface area contributed by atoms with E-state index in [1.807, 2.05) is 0 Å². The fourth-order valence-corrected chi connectivity index (χ4v) is 2.30. The lowest BCUT2D eigenvalue weighted by Crippen LogP contribution is -2.29. The Hall–Kier alpha value is -1.83. The quantitative estimate of drug-likeness (QED) is 0.662.